The Hall–Kier alpha value is -2.65. The lowest BCUT2D eigenvalue weighted by atomic mass is 9.83. The van der Waals surface area contributed by atoms with Crippen molar-refractivity contribution in [3.63, 3.8) is 0 Å². The highest BCUT2D eigenvalue weighted by atomic mass is 32.2. The Balaban J connectivity index is 1.50. The van der Waals surface area contributed by atoms with Crippen LogP contribution in [0.2, 0.25) is 0 Å². The van der Waals surface area contributed by atoms with E-state index in [0.29, 0.717) is 30.3 Å². The maximum Gasteiger partial charge on any atom is 0.281 e. The number of aliphatic hydroxyl groups excluding tert-OH is 1. The minimum Gasteiger partial charge on any atom is -0.477 e. The quantitative estimate of drug-likeness (QED) is 0.494. The fourth-order valence-corrected chi connectivity index (χ4v) is 5.37. The topological polar surface area (TPSA) is 118 Å². The number of sulfonamides is 1. The zero-order valence-corrected chi connectivity index (χ0v) is 20.5. The average Bonchev–Trinajstić information content (AvgIpc) is 3.59. The molecule has 0 radical (unpaired) electrons. The Labute approximate surface area is 201 Å². The van der Waals surface area contributed by atoms with Crippen LogP contribution >= 0.6 is 0 Å². The molecule has 8 nitrogen and oxygen atoms in total. The van der Waals surface area contributed by atoms with Gasteiger partial charge in [0, 0.05) is 19.4 Å². The number of aliphatic hydroxyl groups is 1. The molecule has 1 aromatic heterocycles. The first-order valence-corrected chi connectivity index (χ1v) is 13.4. The number of nitrogens with zero attached hydrogens (tertiary/aromatic N) is 1. The van der Waals surface area contributed by atoms with Crippen molar-refractivity contribution < 1.29 is 23.1 Å². The molecule has 9 heteroatoms. The molecule has 4 rings (SSSR count). The summed E-state index contributed by atoms with van der Waals surface area (Å²) in [6.07, 6.45) is 6.09. The number of anilines is 1. The van der Waals surface area contributed by atoms with Crippen LogP contribution in [0.1, 0.15) is 68.9 Å². The molecule has 1 heterocycles. The van der Waals surface area contributed by atoms with Gasteiger partial charge in [-0.1, -0.05) is 37.5 Å². The summed E-state index contributed by atoms with van der Waals surface area (Å²) in [6, 6.07) is 10.5. The first kappa shape index (κ1) is 24.5. The van der Waals surface area contributed by atoms with Gasteiger partial charge < -0.3 is 15.2 Å². The highest BCUT2D eigenvalue weighted by Gasteiger charge is 2.54. The second-order valence-corrected chi connectivity index (χ2v) is 11.1. The van der Waals surface area contributed by atoms with Crippen molar-refractivity contribution in [3.05, 3.63) is 47.5 Å². The van der Waals surface area contributed by atoms with E-state index < -0.39 is 27.6 Å². The Morgan fingerprint density at radius 2 is 1.94 bits per heavy atom. The number of aromatic nitrogens is 1. The number of carbonyl (C=O) groups excluding carboxylic acids is 1. The monoisotopic (exact) mass is 487 g/mol. The van der Waals surface area contributed by atoms with Crippen LogP contribution in [0.25, 0.3) is 0 Å². The summed E-state index contributed by atoms with van der Waals surface area (Å²) in [5.74, 6) is 0.700. The van der Waals surface area contributed by atoms with Crippen LogP contribution in [-0.4, -0.2) is 42.7 Å². The molecular weight excluding hydrogens is 454 g/mol. The van der Waals surface area contributed by atoms with E-state index in [1.807, 2.05) is 13.0 Å². The van der Waals surface area contributed by atoms with Gasteiger partial charge in [-0.05, 0) is 61.9 Å². The fraction of sp³-hybridized carbons (Fsp3) is 0.520. The molecule has 1 atom stereocenters. The zero-order chi connectivity index (χ0) is 24.3. The lowest BCUT2D eigenvalue weighted by Crippen LogP contribution is -2.43. The molecule has 0 bridgehead atoms. The van der Waals surface area contributed by atoms with E-state index in [9.17, 15) is 18.3 Å². The molecule has 0 saturated heterocycles. The van der Waals surface area contributed by atoms with Gasteiger partial charge in [-0.2, -0.15) is 8.42 Å². The largest absolute Gasteiger partial charge is 0.477 e. The van der Waals surface area contributed by atoms with Gasteiger partial charge in [-0.15, -0.1) is 0 Å². The smallest absolute Gasteiger partial charge is 0.281 e. The molecule has 2 aromatic rings. The third kappa shape index (κ3) is 5.70. The maximum atomic E-state index is 13.1. The fourth-order valence-electron chi connectivity index (χ4n) is 4.36. The van der Waals surface area contributed by atoms with Gasteiger partial charge in [-0.25, -0.2) is 9.71 Å². The summed E-state index contributed by atoms with van der Waals surface area (Å²) in [6.45, 7) is 3.81. The number of amides is 1. The summed E-state index contributed by atoms with van der Waals surface area (Å²) >= 11 is 0. The van der Waals surface area contributed by atoms with Crippen LogP contribution in [0.15, 0.2) is 41.4 Å². The first-order chi connectivity index (χ1) is 16.2. The zero-order valence-electron chi connectivity index (χ0n) is 19.7. The van der Waals surface area contributed by atoms with Gasteiger partial charge >= 0.3 is 0 Å². The van der Waals surface area contributed by atoms with Crippen LogP contribution in [0.4, 0.5) is 5.82 Å². The van der Waals surface area contributed by atoms with Crippen LogP contribution in [0.5, 0.6) is 5.75 Å². The van der Waals surface area contributed by atoms with Gasteiger partial charge in [0.15, 0.2) is 10.6 Å². The van der Waals surface area contributed by atoms with Crippen molar-refractivity contribution in [1.82, 2.24) is 9.71 Å². The summed E-state index contributed by atoms with van der Waals surface area (Å²) < 4.78 is 34.2. The minimum atomic E-state index is -4.19. The number of aryl methyl sites for hydroxylation is 1. The van der Waals surface area contributed by atoms with Gasteiger partial charge in [-0.3, -0.25) is 4.79 Å². The van der Waals surface area contributed by atoms with Crippen molar-refractivity contribution in [2.75, 3.05) is 11.9 Å². The second kappa shape index (κ2) is 9.92. The van der Waals surface area contributed by atoms with Crippen LogP contribution < -0.4 is 14.8 Å². The Morgan fingerprint density at radius 3 is 2.62 bits per heavy atom. The first-order valence-electron chi connectivity index (χ1n) is 11.9. The molecule has 2 aliphatic carbocycles. The third-order valence-electron chi connectivity index (χ3n) is 6.44. The molecule has 2 aliphatic rings. The number of benzene rings is 1. The van der Waals surface area contributed by atoms with Gasteiger partial charge in [0.25, 0.3) is 15.9 Å². The SMILES string of the molecule is Cc1ccc(C2CCCCC2)c(OC2(C(=O)NS(=O)(=O)c3cccc(NCC(C)O)n3)CC2)c1. The molecule has 1 unspecified atom stereocenters. The number of rotatable bonds is 9. The molecule has 0 spiro atoms. The Morgan fingerprint density at radius 1 is 1.21 bits per heavy atom. The normalized spacial score (nSPS) is 18.7. The molecule has 1 amide bonds. The van der Waals surface area contributed by atoms with Crippen molar-refractivity contribution >= 4 is 21.7 Å². The third-order valence-corrected chi connectivity index (χ3v) is 7.67. The van der Waals surface area contributed by atoms with Gasteiger partial charge in [0.1, 0.15) is 11.6 Å². The van der Waals surface area contributed by atoms with Crippen molar-refractivity contribution in [1.29, 1.82) is 0 Å². The van der Waals surface area contributed by atoms with E-state index in [2.05, 4.69) is 27.2 Å². The number of ether oxygens (including phenoxy) is 1. The highest BCUT2D eigenvalue weighted by molar-refractivity contribution is 7.90. The number of pyridine rings is 1. The molecular formula is C25H33N3O5S. The minimum absolute atomic E-state index is 0.222. The van der Waals surface area contributed by atoms with E-state index in [-0.39, 0.29) is 11.6 Å². The van der Waals surface area contributed by atoms with E-state index in [1.165, 1.54) is 31.4 Å². The number of carbonyl (C=O) groups is 1. The van der Waals surface area contributed by atoms with Crippen molar-refractivity contribution in [2.45, 2.75) is 81.4 Å². The van der Waals surface area contributed by atoms with E-state index in [1.54, 1.807) is 13.0 Å². The van der Waals surface area contributed by atoms with Crippen molar-refractivity contribution in [3.8, 4) is 5.75 Å². The number of nitrogens with one attached hydrogen (secondary N) is 2. The van der Waals surface area contributed by atoms with E-state index in [0.717, 1.165) is 24.0 Å². The lowest BCUT2D eigenvalue weighted by Gasteiger charge is -2.26. The molecule has 3 N–H and O–H groups in total. The Kier molecular flexibility index (Phi) is 7.14. The molecule has 1 aromatic carbocycles. The van der Waals surface area contributed by atoms with E-state index in [4.69, 9.17) is 4.74 Å². The number of hydrogen-bond donors (Lipinski definition) is 3. The van der Waals surface area contributed by atoms with E-state index >= 15 is 0 Å². The second-order valence-electron chi connectivity index (χ2n) is 9.50. The molecule has 2 fully saturated rings. The Bertz CT molecular complexity index is 1140. The highest BCUT2D eigenvalue weighted by Crippen LogP contribution is 2.45. The predicted octanol–water partition coefficient (Wildman–Crippen LogP) is 3.65. The van der Waals surface area contributed by atoms with Gasteiger partial charge in [0.2, 0.25) is 0 Å². The van der Waals surface area contributed by atoms with Crippen LogP contribution in [0, 0.1) is 6.92 Å². The standard InChI is InChI=1S/C25H33N3O5S/c1-17-11-12-20(19-7-4-3-5-8-19)21(15-17)33-25(13-14-25)24(30)28-34(31,32)23-10-6-9-22(27-23)26-16-18(2)29/h6,9-12,15,18-19,29H,3-5,7-8,13-14,16H2,1-2H3,(H,26,27)(H,28,30). The van der Waals surface area contributed by atoms with Crippen LogP contribution in [0.3, 0.4) is 0 Å². The van der Waals surface area contributed by atoms with Gasteiger partial charge in [0.05, 0.1) is 6.10 Å². The lowest BCUT2D eigenvalue weighted by molar-refractivity contribution is -0.128. The average molecular weight is 488 g/mol. The molecule has 34 heavy (non-hydrogen) atoms. The summed E-state index contributed by atoms with van der Waals surface area (Å²) in [7, 11) is -4.19. The predicted molar refractivity (Wildman–Crippen MR) is 129 cm³/mol. The van der Waals surface area contributed by atoms with Crippen molar-refractivity contribution in [2.24, 2.45) is 0 Å². The molecule has 2 saturated carbocycles. The molecule has 184 valence electrons. The summed E-state index contributed by atoms with van der Waals surface area (Å²) in [5, 5.41) is 12.0. The maximum absolute atomic E-state index is 13.1. The van der Waals surface area contributed by atoms with Crippen LogP contribution in [-0.2, 0) is 14.8 Å². The molecule has 0 aliphatic heterocycles. The summed E-state index contributed by atoms with van der Waals surface area (Å²) in [5.41, 5.74) is 0.946. The number of hydrogen-bond acceptors (Lipinski definition) is 7. The summed E-state index contributed by atoms with van der Waals surface area (Å²) in [4.78, 5) is 17.2.